The first-order valence-electron chi connectivity index (χ1n) is 6.38. The molecule has 0 radical (unpaired) electrons. The minimum absolute atomic E-state index is 0.322. The number of pyridine rings is 1. The monoisotopic (exact) mass is 249 g/mol. The molecule has 5 heteroatoms. The van der Waals surface area contributed by atoms with Gasteiger partial charge in [-0.2, -0.15) is 0 Å². The number of rotatable bonds is 4. The molecule has 98 valence electrons. The van der Waals surface area contributed by atoms with Gasteiger partial charge in [0.05, 0.1) is 18.4 Å². The first kappa shape index (κ1) is 13.0. The van der Waals surface area contributed by atoms with E-state index in [4.69, 9.17) is 10.6 Å². The second-order valence-corrected chi connectivity index (χ2v) is 4.56. The highest BCUT2D eigenvalue weighted by atomic mass is 16.5. The Morgan fingerprint density at radius 2 is 2.17 bits per heavy atom. The Bertz CT molecular complexity index is 403. The number of amides is 1. The van der Waals surface area contributed by atoms with Gasteiger partial charge >= 0.3 is 0 Å². The van der Waals surface area contributed by atoms with Gasteiger partial charge in [-0.05, 0) is 25.0 Å². The molecule has 0 spiro atoms. The molecule has 1 fully saturated rings. The standard InChI is InChI=1S/C13H19N3O2/c14-16-13(17)12-8-4-5-10(15-12)9-18-11-6-2-1-3-7-11/h4-5,8,11H,1-3,6-7,9,14H2,(H,16,17). The fraction of sp³-hybridized carbons (Fsp3) is 0.538. The molecule has 5 nitrogen and oxygen atoms in total. The fourth-order valence-electron chi connectivity index (χ4n) is 2.20. The maximum Gasteiger partial charge on any atom is 0.283 e. The van der Waals surface area contributed by atoms with Crippen LogP contribution < -0.4 is 11.3 Å². The first-order valence-corrected chi connectivity index (χ1v) is 6.38. The van der Waals surface area contributed by atoms with E-state index in [1.54, 1.807) is 12.1 Å². The van der Waals surface area contributed by atoms with Crippen LogP contribution in [0, 0.1) is 0 Å². The van der Waals surface area contributed by atoms with Crippen molar-refractivity contribution < 1.29 is 9.53 Å². The van der Waals surface area contributed by atoms with E-state index in [1.165, 1.54) is 19.3 Å². The van der Waals surface area contributed by atoms with Gasteiger partial charge in [0.1, 0.15) is 5.69 Å². The predicted octanol–water partition coefficient (Wildman–Crippen LogP) is 1.53. The summed E-state index contributed by atoms with van der Waals surface area (Å²) >= 11 is 0. The number of nitrogens with one attached hydrogen (secondary N) is 1. The Hall–Kier alpha value is -1.46. The Balaban J connectivity index is 1.90. The normalized spacial score (nSPS) is 16.5. The summed E-state index contributed by atoms with van der Waals surface area (Å²) in [5, 5.41) is 0. The Morgan fingerprint density at radius 3 is 2.89 bits per heavy atom. The van der Waals surface area contributed by atoms with Crippen molar-refractivity contribution in [2.24, 2.45) is 5.84 Å². The van der Waals surface area contributed by atoms with Gasteiger partial charge in [-0.1, -0.05) is 25.3 Å². The molecule has 18 heavy (non-hydrogen) atoms. The second-order valence-electron chi connectivity index (χ2n) is 4.56. The fourth-order valence-corrected chi connectivity index (χ4v) is 2.20. The van der Waals surface area contributed by atoms with Crippen molar-refractivity contribution in [3.05, 3.63) is 29.6 Å². The van der Waals surface area contributed by atoms with E-state index < -0.39 is 0 Å². The lowest BCUT2D eigenvalue weighted by molar-refractivity contribution is 0.0152. The molecule has 0 bridgehead atoms. The van der Waals surface area contributed by atoms with Gasteiger partial charge in [-0.3, -0.25) is 10.2 Å². The smallest absolute Gasteiger partial charge is 0.283 e. The molecule has 0 saturated heterocycles. The molecule has 1 aliphatic carbocycles. The van der Waals surface area contributed by atoms with E-state index >= 15 is 0 Å². The van der Waals surface area contributed by atoms with Crippen LogP contribution in [-0.2, 0) is 11.3 Å². The zero-order chi connectivity index (χ0) is 12.8. The first-order chi connectivity index (χ1) is 8.79. The Kier molecular flexibility index (Phi) is 4.66. The molecule has 1 aliphatic rings. The quantitative estimate of drug-likeness (QED) is 0.482. The zero-order valence-electron chi connectivity index (χ0n) is 10.4. The van der Waals surface area contributed by atoms with E-state index in [0.717, 1.165) is 18.5 Å². The number of hydrogen-bond acceptors (Lipinski definition) is 4. The molecular formula is C13H19N3O2. The van der Waals surface area contributed by atoms with Crippen LogP contribution >= 0.6 is 0 Å². The molecule has 0 unspecified atom stereocenters. The highest BCUT2D eigenvalue weighted by Gasteiger charge is 2.14. The van der Waals surface area contributed by atoms with Crippen LogP contribution in [0.15, 0.2) is 18.2 Å². The third-order valence-corrected chi connectivity index (χ3v) is 3.19. The number of nitrogens with two attached hydrogens (primary N) is 1. The van der Waals surface area contributed by atoms with Crippen LogP contribution in [0.5, 0.6) is 0 Å². The second kappa shape index (κ2) is 6.47. The molecule has 1 heterocycles. The van der Waals surface area contributed by atoms with Crippen molar-refractivity contribution in [1.82, 2.24) is 10.4 Å². The molecule has 0 atom stereocenters. The van der Waals surface area contributed by atoms with Gasteiger partial charge in [0.15, 0.2) is 0 Å². The van der Waals surface area contributed by atoms with E-state index in [2.05, 4.69) is 10.4 Å². The molecule has 1 saturated carbocycles. The largest absolute Gasteiger partial charge is 0.372 e. The number of nitrogens with zero attached hydrogens (tertiary/aromatic N) is 1. The maximum atomic E-state index is 11.3. The van der Waals surface area contributed by atoms with Gasteiger partial charge in [-0.25, -0.2) is 10.8 Å². The Labute approximate surface area is 107 Å². The summed E-state index contributed by atoms with van der Waals surface area (Å²) in [5.41, 5.74) is 3.16. The molecule has 0 aromatic carbocycles. The van der Waals surface area contributed by atoms with Crippen molar-refractivity contribution in [2.45, 2.75) is 44.8 Å². The third-order valence-electron chi connectivity index (χ3n) is 3.19. The molecule has 0 aliphatic heterocycles. The number of carbonyl (C=O) groups is 1. The summed E-state index contributed by atoms with van der Waals surface area (Å²) in [6, 6.07) is 5.28. The molecule has 3 N–H and O–H groups in total. The van der Waals surface area contributed by atoms with Gasteiger partial charge in [0.25, 0.3) is 5.91 Å². The summed E-state index contributed by atoms with van der Waals surface area (Å²) in [7, 11) is 0. The van der Waals surface area contributed by atoms with Crippen molar-refractivity contribution in [1.29, 1.82) is 0 Å². The summed E-state index contributed by atoms with van der Waals surface area (Å²) in [6.07, 6.45) is 6.39. The van der Waals surface area contributed by atoms with E-state index in [0.29, 0.717) is 18.4 Å². The van der Waals surface area contributed by atoms with Crippen molar-refractivity contribution >= 4 is 5.91 Å². The van der Waals surface area contributed by atoms with Crippen LogP contribution in [-0.4, -0.2) is 17.0 Å². The van der Waals surface area contributed by atoms with Gasteiger partial charge < -0.3 is 4.74 Å². The summed E-state index contributed by atoms with van der Waals surface area (Å²) in [6.45, 7) is 0.455. The molecule has 1 amide bonds. The lowest BCUT2D eigenvalue weighted by Gasteiger charge is -2.21. The maximum absolute atomic E-state index is 11.3. The molecule has 1 aromatic rings. The molecule has 1 aromatic heterocycles. The summed E-state index contributed by atoms with van der Waals surface area (Å²) in [4.78, 5) is 15.5. The number of hydrogen-bond donors (Lipinski definition) is 2. The number of ether oxygens (including phenoxy) is 1. The van der Waals surface area contributed by atoms with Crippen LogP contribution in [0.3, 0.4) is 0 Å². The Morgan fingerprint density at radius 1 is 1.39 bits per heavy atom. The average molecular weight is 249 g/mol. The van der Waals surface area contributed by atoms with E-state index in [-0.39, 0.29) is 5.91 Å². The van der Waals surface area contributed by atoms with Gasteiger partial charge in [0, 0.05) is 0 Å². The summed E-state index contributed by atoms with van der Waals surface area (Å²) in [5.74, 6) is 4.69. The lowest BCUT2D eigenvalue weighted by atomic mass is 9.98. The molecular weight excluding hydrogens is 230 g/mol. The van der Waals surface area contributed by atoms with Crippen LogP contribution in [0.4, 0.5) is 0 Å². The van der Waals surface area contributed by atoms with Crippen LogP contribution in [0.1, 0.15) is 48.3 Å². The lowest BCUT2D eigenvalue weighted by Crippen LogP contribution is -2.30. The third kappa shape index (κ3) is 3.51. The van der Waals surface area contributed by atoms with Crippen molar-refractivity contribution in [3.63, 3.8) is 0 Å². The topological polar surface area (TPSA) is 77.2 Å². The number of aromatic nitrogens is 1. The number of hydrazine groups is 1. The number of nitrogen functional groups attached to an aromatic ring is 1. The SMILES string of the molecule is NNC(=O)c1cccc(COC2CCCCC2)n1. The average Bonchev–Trinajstić information content (AvgIpc) is 2.45. The molecule has 2 rings (SSSR count). The highest BCUT2D eigenvalue weighted by molar-refractivity contribution is 5.91. The van der Waals surface area contributed by atoms with Gasteiger partial charge in [-0.15, -0.1) is 0 Å². The van der Waals surface area contributed by atoms with E-state index in [1.807, 2.05) is 6.07 Å². The minimum atomic E-state index is -0.380. The van der Waals surface area contributed by atoms with Crippen molar-refractivity contribution in [2.75, 3.05) is 0 Å². The number of carbonyl (C=O) groups excluding carboxylic acids is 1. The highest BCUT2D eigenvalue weighted by Crippen LogP contribution is 2.21. The van der Waals surface area contributed by atoms with E-state index in [9.17, 15) is 4.79 Å². The minimum Gasteiger partial charge on any atom is -0.372 e. The zero-order valence-corrected chi connectivity index (χ0v) is 10.4. The van der Waals surface area contributed by atoms with Crippen molar-refractivity contribution in [3.8, 4) is 0 Å². The predicted molar refractivity (Wildman–Crippen MR) is 67.6 cm³/mol. The summed E-state index contributed by atoms with van der Waals surface area (Å²) < 4.78 is 5.81. The van der Waals surface area contributed by atoms with Crippen LogP contribution in [0.2, 0.25) is 0 Å². The van der Waals surface area contributed by atoms with Gasteiger partial charge in [0.2, 0.25) is 0 Å². The van der Waals surface area contributed by atoms with Crippen LogP contribution in [0.25, 0.3) is 0 Å².